The number of amides is 1. The number of nitrogens with zero attached hydrogens (tertiary/aromatic N) is 3. The number of pyridine rings is 1. The Balaban J connectivity index is 1.59. The molecule has 4 nitrogen and oxygen atoms in total. The first-order chi connectivity index (χ1) is 11.8. The molecule has 4 rings (SSSR count). The second-order valence-corrected chi connectivity index (χ2v) is 6.62. The summed E-state index contributed by atoms with van der Waals surface area (Å²) in [6.45, 7) is 2.64. The molecule has 0 atom stereocenters. The minimum atomic E-state index is 0.0752. The van der Waals surface area contributed by atoms with Crippen molar-refractivity contribution in [1.29, 1.82) is 0 Å². The SMILES string of the molecule is O=C(c1cccc(N2CCc3ccccc32)n1)N1CCCCCC1. The van der Waals surface area contributed by atoms with Crippen molar-refractivity contribution in [2.45, 2.75) is 32.1 Å². The van der Waals surface area contributed by atoms with E-state index in [0.717, 1.165) is 44.7 Å². The van der Waals surface area contributed by atoms with Gasteiger partial charge in [-0.3, -0.25) is 4.79 Å². The Hall–Kier alpha value is -2.36. The third kappa shape index (κ3) is 2.88. The lowest BCUT2D eigenvalue weighted by molar-refractivity contribution is 0.0756. The van der Waals surface area contributed by atoms with E-state index in [-0.39, 0.29) is 5.91 Å². The number of aromatic nitrogens is 1. The van der Waals surface area contributed by atoms with E-state index in [4.69, 9.17) is 4.98 Å². The summed E-state index contributed by atoms with van der Waals surface area (Å²) in [5.41, 5.74) is 3.13. The first kappa shape index (κ1) is 15.2. The predicted octanol–water partition coefficient (Wildman–Crippen LogP) is 3.79. The Morgan fingerprint density at radius 3 is 2.50 bits per heavy atom. The largest absolute Gasteiger partial charge is 0.337 e. The van der Waals surface area contributed by atoms with Gasteiger partial charge in [0.25, 0.3) is 5.91 Å². The van der Waals surface area contributed by atoms with Crippen LogP contribution in [-0.2, 0) is 6.42 Å². The summed E-state index contributed by atoms with van der Waals surface area (Å²) >= 11 is 0. The summed E-state index contributed by atoms with van der Waals surface area (Å²) in [5.74, 6) is 0.951. The van der Waals surface area contributed by atoms with Gasteiger partial charge in [0.05, 0.1) is 0 Å². The number of carbonyl (C=O) groups is 1. The fourth-order valence-corrected chi connectivity index (χ4v) is 3.70. The van der Waals surface area contributed by atoms with Crippen molar-refractivity contribution in [3.8, 4) is 0 Å². The van der Waals surface area contributed by atoms with Crippen LogP contribution in [0, 0.1) is 0 Å². The summed E-state index contributed by atoms with van der Waals surface area (Å²) in [6.07, 6.45) is 5.68. The van der Waals surface area contributed by atoms with Gasteiger partial charge in [0, 0.05) is 25.3 Å². The van der Waals surface area contributed by atoms with Crippen LogP contribution in [-0.4, -0.2) is 35.4 Å². The number of para-hydroxylation sites is 1. The molecule has 0 bridgehead atoms. The number of likely N-dealkylation sites (tertiary alicyclic amines) is 1. The average Bonchev–Trinajstić information content (AvgIpc) is 2.87. The summed E-state index contributed by atoms with van der Waals surface area (Å²) in [4.78, 5) is 21.7. The summed E-state index contributed by atoms with van der Waals surface area (Å²) in [7, 11) is 0. The number of fused-ring (bicyclic) bond motifs is 1. The van der Waals surface area contributed by atoms with Crippen molar-refractivity contribution in [2.24, 2.45) is 0 Å². The lowest BCUT2D eigenvalue weighted by Crippen LogP contribution is -2.32. The second kappa shape index (κ2) is 6.63. The Morgan fingerprint density at radius 1 is 0.875 bits per heavy atom. The van der Waals surface area contributed by atoms with Gasteiger partial charge in [-0.15, -0.1) is 0 Å². The van der Waals surface area contributed by atoms with E-state index in [9.17, 15) is 4.79 Å². The Bertz CT molecular complexity index is 735. The van der Waals surface area contributed by atoms with E-state index in [1.165, 1.54) is 24.1 Å². The summed E-state index contributed by atoms with van der Waals surface area (Å²) in [6, 6.07) is 14.2. The molecule has 1 amide bonds. The third-order valence-electron chi connectivity index (χ3n) is 5.01. The zero-order valence-corrected chi connectivity index (χ0v) is 13.9. The van der Waals surface area contributed by atoms with E-state index in [1.807, 2.05) is 23.1 Å². The molecule has 0 spiro atoms. The van der Waals surface area contributed by atoms with E-state index >= 15 is 0 Å². The molecule has 24 heavy (non-hydrogen) atoms. The first-order valence-electron chi connectivity index (χ1n) is 8.95. The smallest absolute Gasteiger partial charge is 0.272 e. The van der Waals surface area contributed by atoms with Gasteiger partial charge in [0.2, 0.25) is 0 Å². The molecule has 0 radical (unpaired) electrons. The highest BCUT2D eigenvalue weighted by Gasteiger charge is 2.23. The van der Waals surface area contributed by atoms with Gasteiger partial charge >= 0.3 is 0 Å². The van der Waals surface area contributed by atoms with Gasteiger partial charge in [-0.2, -0.15) is 0 Å². The molecular formula is C20H23N3O. The van der Waals surface area contributed by atoms with Crippen molar-refractivity contribution in [3.05, 3.63) is 53.7 Å². The molecule has 1 saturated heterocycles. The van der Waals surface area contributed by atoms with E-state index < -0.39 is 0 Å². The highest BCUT2D eigenvalue weighted by molar-refractivity contribution is 5.93. The first-order valence-corrected chi connectivity index (χ1v) is 8.95. The maximum Gasteiger partial charge on any atom is 0.272 e. The topological polar surface area (TPSA) is 36.4 Å². The highest BCUT2D eigenvalue weighted by atomic mass is 16.2. The maximum absolute atomic E-state index is 12.8. The van der Waals surface area contributed by atoms with E-state index in [0.29, 0.717) is 5.69 Å². The summed E-state index contributed by atoms with van der Waals surface area (Å²) < 4.78 is 0. The van der Waals surface area contributed by atoms with Gasteiger partial charge in [0.15, 0.2) is 0 Å². The fourth-order valence-electron chi connectivity index (χ4n) is 3.70. The summed E-state index contributed by atoms with van der Waals surface area (Å²) in [5, 5.41) is 0. The van der Waals surface area contributed by atoms with Gasteiger partial charge < -0.3 is 9.80 Å². The molecule has 0 unspecified atom stereocenters. The molecule has 1 aromatic heterocycles. The van der Waals surface area contributed by atoms with Gasteiger partial charge in [-0.25, -0.2) is 4.98 Å². The van der Waals surface area contributed by atoms with Crippen molar-refractivity contribution < 1.29 is 4.79 Å². The van der Waals surface area contributed by atoms with Gasteiger partial charge in [-0.1, -0.05) is 37.1 Å². The van der Waals surface area contributed by atoms with Crippen molar-refractivity contribution in [2.75, 3.05) is 24.5 Å². The van der Waals surface area contributed by atoms with Crippen molar-refractivity contribution >= 4 is 17.4 Å². The number of benzene rings is 1. The predicted molar refractivity (Wildman–Crippen MR) is 95.8 cm³/mol. The molecule has 0 N–H and O–H groups in total. The molecule has 2 aromatic rings. The Labute approximate surface area is 143 Å². The molecule has 2 aliphatic rings. The molecule has 4 heteroatoms. The number of hydrogen-bond acceptors (Lipinski definition) is 3. The lowest BCUT2D eigenvalue weighted by Gasteiger charge is -2.22. The van der Waals surface area contributed by atoms with E-state index in [1.54, 1.807) is 0 Å². The van der Waals surface area contributed by atoms with Crippen LogP contribution in [0.2, 0.25) is 0 Å². The molecule has 124 valence electrons. The molecule has 2 aliphatic heterocycles. The monoisotopic (exact) mass is 321 g/mol. The maximum atomic E-state index is 12.8. The zero-order chi connectivity index (χ0) is 16.4. The highest BCUT2D eigenvalue weighted by Crippen LogP contribution is 2.33. The Morgan fingerprint density at radius 2 is 1.67 bits per heavy atom. The van der Waals surface area contributed by atoms with Gasteiger partial charge in [-0.05, 0) is 43.0 Å². The van der Waals surface area contributed by atoms with Crippen LogP contribution in [0.4, 0.5) is 11.5 Å². The van der Waals surface area contributed by atoms with Crippen LogP contribution in [0.1, 0.15) is 41.7 Å². The fraction of sp³-hybridized carbons (Fsp3) is 0.400. The van der Waals surface area contributed by atoms with Crippen LogP contribution >= 0.6 is 0 Å². The van der Waals surface area contributed by atoms with Crippen LogP contribution in [0.3, 0.4) is 0 Å². The average molecular weight is 321 g/mol. The van der Waals surface area contributed by atoms with Crippen molar-refractivity contribution in [3.63, 3.8) is 0 Å². The minimum absolute atomic E-state index is 0.0752. The van der Waals surface area contributed by atoms with Crippen LogP contribution in [0.5, 0.6) is 0 Å². The molecule has 1 fully saturated rings. The molecule has 3 heterocycles. The van der Waals surface area contributed by atoms with Crippen LogP contribution in [0.25, 0.3) is 0 Å². The molecule has 1 aromatic carbocycles. The van der Waals surface area contributed by atoms with Crippen LogP contribution < -0.4 is 4.90 Å². The van der Waals surface area contributed by atoms with Crippen LogP contribution in [0.15, 0.2) is 42.5 Å². The normalized spacial score (nSPS) is 17.5. The number of rotatable bonds is 2. The van der Waals surface area contributed by atoms with Gasteiger partial charge in [0.1, 0.15) is 11.5 Å². The molecule has 0 aliphatic carbocycles. The zero-order valence-electron chi connectivity index (χ0n) is 13.9. The molecule has 0 saturated carbocycles. The van der Waals surface area contributed by atoms with Crippen molar-refractivity contribution in [1.82, 2.24) is 9.88 Å². The number of hydrogen-bond donors (Lipinski definition) is 0. The third-order valence-corrected chi connectivity index (χ3v) is 5.01. The number of anilines is 2. The lowest BCUT2D eigenvalue weighted by atomic mass is 10.2. The molecular weight excluding hydrogens is 298 g/mol. The Kier molecular flexibility index (Phi) is 4.20. The minimum Gasteiger partial charge on any atom is -0.337 e. The standard InChI is InChI=1S/C20H23N3O/c24-20(22-13-5-1-2-6-14-22)17-9-7-11-19(21-17)23-15-12-16-8-3-4-10-18(16)23/h3-4,7-11H,1-2,5-6,12-15H2. The van der Waals surface area contributed by atoms with E-state index in [2.05, 4.69) is 29.2 Å². The number of carbonyl (C=O) groups excluding carboxylic acids is 1. The quantitative estimate of drug-likeness (QED) is 0.844. The second-order valence-electron chi connectivity index (χ2n) is 6.62.